The molecule has 3 saturated heterocycles. The molecule has 3 fully saturated rings. The van der Waals surface area contributed by atoms with Crippen LogP contribution < -0.4 is 9.64 Å². The first kappa shape index (κ1) is 43.9. The lowest BCUT2D eigenvalue weighted by Crippen LogP contribution is -2.55. The molecule has 2 aromatic carbocycles. The van der Waals surface area contributed by atoms with E-state index in [0.29, 0.717) is 53.1 Å². The number of aromatic nitrogens is 1. The van der Waals surface area contributed by atoms with Crippen LogP contribution in [0, 0.1) is 11.6 Å². The zero-order chi connectivity index (χ0) is 40.4. The zero-order valence-corrected chi connectivity index (χ0v) is 36.2. The number of benzene rings is 2. The lowest BCUT2D eigenvalue weighted by atomic mass is 9.96. The van der Waals surface area contributed by atoms with E-state index in [2.05, 4.69) is 38.4 Å². The second kappa shape index (κ2) is 21.0. The number of likely N-dealkylation sites (N-methyl/N-ethyl adjacent to an activating group) is 1. The molecule has 9 nitrogen and oxygen atoms in total. The summed E-state index contributed by atoms with van der Waals surface area (Å²) < 4.78 is 78.0. The van der Waals surface area contributed by atoms with Crippen LogP contribution in [0.3, 0.4) is 0 Å². The van der Waals surface area contributed by atoms with Crippen LogP contribution in [0.25, 0.3) is 10.9 Å². The Hall–Kier alpha value is -2.71. The van der Waals surface area contributed by atoms with Gasteiger partial charge in [0.05, 0.1) is 22.7 Å². The SMILES string of the molecule is CCCCCCCCCCCCOc1c(F)cc(S(=O)(=O)c2cnc3ccc(S(C)=O)cc3c2N2CCC(N3CCC(N4CCN(CC)CC4)CC3)CC2)cc1F. The van der Waals surface area contributed by atoms with Gasteiger partial charge in [0.25, 0.3) is 0 Å². The van der Waals surface area contributed by atoms with E-state index in [1.807, 2.05) is 0 Å². The third-order valence-corrected chi connectivity index (χ3v) is 15.2. The van der Waals surface area contributed by atoms with Crippen LogP contribution in [0.15, 0.2) is 51.2 Å². The van der Waals surface area contributed by atoms with Gasteiger partial charge in [-0.15, -0.1) is 0 Å². The van der Waals surface area contributed by atoms with E-state index in [1.165, 1.54) is 44.7 Å². The van der Waals surface area contributed by atoms with Gasteiger partial charge in [-0.3, -0.25) is 14.1 Å². The summed E-state index contributed by atoms with van der Waals surface area (Å²) in [6.45, 7) is 13.6. The monoisotopic (exact) mass is 829 g/mol. The molecule has 0 aliphatic carbocycles. The zero-order valence-electron chi connectivity index (χ0n) is 34.5. The molecule has 1 aromatic heterocycles. The van der Waals surface area contributed by atoms with E-state index < -0.39 is 42.9 Å². The van der Waals surface area contributed by atoms with Crippen molar-refractivity contribution in [3.8, 4) is 5.75 Å². The minimum Gasteiger partial charge on any atom is -0.488 e. The van der Waals surface area contributed by atoms with Gasteiger partial charge in [0.1, 0.15) is 4.90 Å². The Morgan fingerprint density at radius 1 is 0.754 bits per heavy atom. The standard InChI is InChI=1S/C44H65F2N5O4S2/c1-4-6-7-8-9-10-11-12-13-14-29-55-44-39(45)31-37(32-40(44)46)57(53,54)42-33-47-41-16-15-36(56(3)52)30-38(41)43(42)51-23-19-34(20-24-51)49-21-17-35(18-22-49)50-27-25-48(5-2)26-28-50/h15-16,30-35H,4-14,17-29H2,1-3H3. The number of unbranched alkanes of at least 4 members (excludes halogenated alkanes) is 9. The highest BCUT2D eigenvalue weighted by molar-refractivity contribution is 7.91. The van der Waals surface area contributed by atoms with Gasteiger partial charge in [-0.2, -0.15) is 0 Å². The van der Waals surface area contributed by atoms with Crippen molar-refractivity contribution in [2.75, 3.05) is 76.7 Å². The number of ether oxygens (including phenoxy) is 1. The second-order valence-corrected chi connectivity index (χ2v) is 19.6. The van der Waals surface area contributed by atoms with Crippen LogP contribution in [0.2, 0.25) is 0 Å². The smallest absolute Gasteiger partial charge is 0.210 e. The van der Waals surface area contributed by atoms with Crippen LogP contribution in [-0.2, 0) is 20.6 Å². The van der Waals surface area contributed by atoms with Crippen LogP contribution in [-0.4, -0.2) is 116 Å². The fraction of sp³-hybridized carbons (Fsp3) is 0.659. The Bertz CT molecular complexity index is 1870. The molecule has 0 bridgehead atoms. The van der Waals surface area contributed by atoms with E-state index in [9.17, 15) is 12.6 Å². The summed E-state index contributed by atoms with van der Waals surface area (Å²) in [5, 5.41) is 0.559. The van der Waals surface area contributed by atoms with Crippen LogP contribution >= 0.6 is 0 Å². The van der Waals surface area contributed by atoms with E-state index in [4.69, 9.17) is 4.74 Å². The molecule has 3 aromatic rings. The fourth-order valence-electron chi connectivity index (χ4n) is 9.08. The predicted octanol–water partition coefficient (Wildman–Crippen LogP) is 8.45. The summed E-state index contributed by atoms with van der Waals surface area (Å²) >= 11 is 0. The molecule has 0 N–H and O–H groups in total. The van der Waals surface area contributed by atoms with Crippen molar-refractivity contribution >= 4 is 37.2 Å². The summed E-state index contributed by atoms with van der Waals surface area (Å²) in [7, 11) is -5.76. The Balaban J connectivity index is 1.13. The van der Waals surface area contributed by atoms with E-state index in [0.717, 1.165) is 103 Å². The average Bonchev–Trinajstić information content (AvgIpc) is 3.23. The Morgan fingerprint density at radius 3 is 1.89 bits per heavy atom. The van der Waals surface area contributed by atoms with Crippen LogP contribution in [0.4, 0.5) is 14.5 Å². The molecule has 0 radical (unpaired) electrons. The fourth-order valence-corrected chi connectivity index (χ4v) is 11.1. The molecule has 4 heterocycles. The van der Waals surface area contributed by atoms with Gasteiger partial charge in [0.15, 0.2) is 17.4 Å². The third-order valence-electron chi connectivity index (χ3n) is 12.6. The summed E-state index contributed by atoms with van der Waals surface area (Å²) in [6, 6.07) is 7.98. The molecule has 57 heavy (non-hydrogen) atoms. The normalized spacial score (nSPS) is 19.1. The largest absolute Gasteiger partial charge is 0.488 e. The molecule has 3 aliphatic rings. The van der Waals surface area contributed by atoms with Crippen molar-refractivity contribution < 1.29 is 26.1 Å². The van der Waals surface area contributed by atoms with Crippen molar-refractivity contribution in [2.45, 2.75) is 131 Å². The number of pyridine rings is 1. The lowest BCUT2D eigenvalue weighted by molar-refractivity contribution is 0.0449. The highest BCUT2D eigenvalue weighted by atomic mass is 32.2. The molecule has 1 unspecified atom stereocenters. The Kier molecular flexibility index (Phi) is 16.2. The molecule has 6 rings (SSSR count). The van der Waals surface area contributed by atoms with Gasteiger partial charge in [-0.1, -0.05) is 71.6 Å². The topological polar surface area (TPSA) is 86.3 Å². The predicted molar refractivity (Wildman–Crippen MR) is 227 cm³/mol. The number of fused-ring (bicyclic) bond motifs is 1. The lowest BCUT2D eigenvalue weighted by Gasteiger charge is -2.46. The number of sulfone groups is 1. The number of likely N-dealkylation sites (tertiary alicyclic amines) is 1. The minimum absolute atomic E-state index is 0.116. The summed E-state index contributed by atoms with van der Waals surface area (Å²) in [4.78, 5) is 14.3. The first-order valence-corrected chi connectivity index (χ1v) is 24.7. The van der Waals surface area contributed by atoms with Gasteiger partial charge in [0, 0.05) is 84.9 Å². The molecule has 1 atom stereocenters. The second-order valence-electron chi connectivity index (χ2n) is 16.3. The van der Waals surface area contributed by atoms with Crippen LogP contribution in [0.5, 0.6) is 5.75 Å². The summed E-state index contributed by atoms with van der Waals surface area (Å²) in [5.41, 5.74) is 1.01. The van der Waals surface area contributed by atoms with Crippen molar-refractivity contribution in [2.24, 2.45) is 0 Å². The number of hydrogen-bond donors (Lipinski definition) is 0. The van der Waals surface area contributed by atoms with Gasteiger partial charge in [-0.05, 0) is 82.1 Å². The number of halogens is 2. The van der Waals surface area contributed by atoms with Gasteiger partial charge in [0.2, 0.25) is 9.84 Å². The Labute approximate surface area is 342 Å². The van der Waals surface area contributed by atoms with Crippen molar-refractivity contribution in [1.29, 1.82) is 0 Å². The number of hydrogen-bond acceptors (Lipinski definition) is 9. The van der Waals surface area contributed by atoms with Crippen molar-refractivity contribution in [3.63, 3.8) is 0 Å². The summed E-state index contributed by atoms with van der Waals surface area (Å²) in [6.07, 6.45) is 18.2. The van der Waals surface area contributed by atoms with Gasteiger partial charge >= 0.3 is 0 Å². The Morgan fingerprint density at radius 2 is 1.32 bits per heavy atom. The molecule has 13 heteroatoms. The highest BCUT2D eigenvalue weighted by Crippen LogP contribution is 2.40. The maximum absolute atomic E-state index is 15.5. The summed E-state index contributed by atoms with van der Waals surface area (Å²) in [5.74, 6) is -2.65. The number of piperidine rings is 2. The van der Waals surface area contributed by atoms with Gasteiger partial charge < -0.3 is 19.4 Å². The first-order valence-electron chi connectivity index (χ1n) is 21.7. The average molecular weight is 830 g/mol. The first-order chi connectivity index (χ1) is 27.6. The molecule has 0 spiro atoms. The number of nitrogens with zero attached hydrogens (tertiary/aromatic N) is 5. The van der Waals surface area contributed by atoms with Crippen molar-refractivity contribution in [3.05, 3.63) is 48.2 Å². The molecule has 3 aliphatic heterocycles. The molecular weight excluding hydrogens is 765 g/mol. The van der Waals surface area contributed by atoms with Gasteiger partial charge in [-0.25, -0.2) is 17.2 Å². The maximum Gasteiger partial charge on any atom is 0.210 e. The highest BCUT2D eigenvalue weighted by Gasteiger charge is 2.34. The van der Waals surface area contributed by atoms with Crippen molar-refractivity contribution in [1.82, 2.24) is 19.7 Å². The molecule has 0 amide bonds. The number of piperazine rings is 1. The number of anilines is 1. The van der Waals surface area contributed by atoms with Crippen LogP contribution in [0.1, 0.15) is 104 Å². The molecule has 0 saturated carbocycles. The molecule has 316 valence electrons. The third kappa shape index (κ3) is 11.1. The number of rotatable bonds is 19. The maximum atomic E-state index is 15.5. The van der Waals surface area contributed by atoms with E-state index in [1.54, 1.807) is 24.5 Å². The van der Waals surface area contributed by atoms with E-state index in [-0.39, 0.29) is 11.5 Å². The quantitative estimate of drug-likeness (QED) is 0.111. The molecular formula is C44H65F2N5O4S2. The minimum atomic E-state index is -4.44. The van der Waals surface area contributed by atoms with E-state index >= 15 is 8.78 Å².